The van der Waals surface area contributed by atoms with Gasteiger partial charge in [0.2, 0.25) is 0 Å². The molecule has 0 aliphatic rings. The van der Waals surface area contributed by atoms with E-state index in [1.54, 1.807) is 6.20 Å². The van der Waals surface area contributed by atoms with Gasteiger partial charge in [0.25, 0.3) is 5.19 Å². The van der Waals surface area contributed by atoms with E-state index in [2.05, 4.69) is 4.98 Å². The summed E-state index contributed by atoms with van der Waals surface area (Å²) in [5, 5.41) is 3.26. The lowest BCUT2D eigenvalue weighted by Crippen LogP contribution is -1.84. The van der Waals surface area contributed by atoms with Crippen molar-refractivity contribution in [2.24, 2.45) is 0 Å². The summed E-state index contributed by atoms with van der Waals surface area (Å²) in [6, 6.07) is 5.54. The van der Waals surface area contributed by atoms with Gasteiger partial charge < -0.3 is 4.74 Å². The predicted molar refractivity (Wildman–Crippen MR) is 69.7 cm³/mol. The minimum atomic E-state index is 0.645. The number of aromatic nitrogens is 1. The zero-order valence-electron chi connectivity index (χ0n) is 9.53. The monoisotopic (exact) mass is 255 g/mol. The molecule has 2 aromatic rings. The van der Waals surface area contributed by atoms with Crippen molar-refractivity contribution in [2.75, 3.05) is 0 Å². The fourth-order valence-electron chi connectivity index (χ4n) is 1.04. The summed E-state index contributed by atoms with van der Waals surface area (Å²) in [6.45, 7) is 5.94. The van der Waals surface area contributed by atoms with E-state index in [0.717, 1.165) is 16.3 Å². The second kappa shape index (κ2) is 6.51. The molecule has 86 valence electrons. The van der Waals surface area contributed by atoms with E-state index >= 15 is 0 Å². The predicted octanol–water partition coefficient (Wildman–Crippen LogP) is 4.92. The number of halogens is 1. The third kappa shape index (κ3) is 3.51. The number of ether oxygens (including phenoxy) is 1. The van der Waals surface area contributed by atoms with Gasteiger partial charge in [-0.2, -0.15) is 0 Å². The minimum absolute atomic E-state index is 0.645. The quantitative estimate of drug-likeness (QED) is 0.760. The molecule has 0 radical (unpaired) electrons. The van der Waals surface area contributed by atoms with Gasteiger partial charge in [0.1, 0.15) is 5.75 Å². The van der Waals surface area contributed by atoms with Crippen molar-refractivity contribution >= 4 is 22.9 Å². The first-order valence-electron chi connectivity index (χ1n) is 5.09. The first kappa shape index (κ1) is 13.0. The summed E-state index contributed by atoms with van der Waals surface area (Å²) in [5.41, 5.74) is 1.00. The van der Waals surface area contributed by atoms with Crippen LogP contribution in [0.25, 0.3) is 0 Å². The fourth-order valence-corrected chi connectivity index (χ4v) is 1.66. The highest BCUT2D eigenvalue weighted by Gasteiger charge is 2.01. The van der Waals surface area contributed by atoms with Gasteiger partial charge in [-0.15, -0.1) is 0 Å². The van der Waals surface area contributed by atoms with Crippen LogP contribution in [-0.2, 0) is 0 Å². The van der Waals surface area contributed by atoms with Crippen LogP contribution in [-0.4, -0.2) is 4.98 Å². The van der Waals surface area contributed by atoms with E-state index in [9.17, 15) is 0 Å². The third-order valence-electron chi connectivity index (χ3n) is 1.74. The maximum Gasteiger partial charge on any atom is 0.278 e. The lowest BCUT2D eigenvalue weighted by Gasteiger charge is -2.03. The fraction of sp³-hybridized carbons (Fsp3) is 0.250. The lowest BCUT2D eigenvalue weighted by molar-refractivity contribution is 0.478. The van der Waals surface area contributed by atoms with Crippen LogP contribution in [0.2, 0.25) is 5.02 Å². The Bertz CT molecular complexity index is 429. The molecule has 0 bridgehead atoms. The van der Waals surface area contributed by atoms with Crippen molar-refractivity contribution in [1.29, 1.82) is 0 Å². The Morgan fingerprint density at radius 2 is 2.06 bits per heavy atom. The van der Waals surface area contributed by atoms with Gasteiger partial charge in [0, 0.05) is 16.6 Å². The Morgan fingerprint density at radius 3 is 2.62 bits per heavy atom. The maximum absolute atomic E-state index is 5.89. The van der Waals surface area contributed by atoms with Crippen LogP contribution < -0.4 is 4.74 Å². The Morgan fingerprint density at radius 1 is 1.31 bits per heavy atom. The van der Waals surface area contributed by atoms with Gasteiger partial charge in [-0.1, -0.05) is 36.8 Å². The molecule has 0 unspecified atom stereocenters. The first-order chi connectivity index (χ1) is 7.75. The molecular formula is C12H14ClNOS. The number of benzene rings is 1. The maximum atomic E-state index is 5.89. The van der Waals surface area contributed by atoms with Crippen LogP contribution in [0, 0.1) is 6.92 Å². The normalized spacial score (nSPS) is 9.25. The van der Waals surface area contributed by atoms with Gasteiger partial charge in [-0.3, -0.25) is 0 Å². The molecule has 2 nitrogen and oxygen atoms in total. The molecule has 1 aromatic heterocycles. The van der Waals surface area contributed by atoms with Crippen molar-refractivity contribution in [2.45, 2.75) is 20.8 Å². The van der Waals surface area contributed by atoms with Crippen molar-refractivity contribution in [3.8, 4) is 10.9 Å². The number of hydrogen-bond donors (Lipinski definition) is 0. The average Bonchev–Trinajstić information content (AvgIpc) is 2.79. The van der Waals surface area contributed by atoms with Crippen LogP contribution in [0.3, 0.4) is 0 Å². The summed E-state index contributed by atoms with van der Waals surface area (Å²) in [6.07, 6.45) is 1.71. The standard InChI is InChI=1S/C10H8ClNOS.C2H6/c1-7-6-8(2-3-9(7)11)13-10-12-4-5-14-10;1-2/h2-6H,1H3;1-2H3. The van der Waals surface area contributed by atoms with Crippen LogP contribution in [0.5, 0.6) is 10.9 Å². The van der Waals surface area contributed by atoms with Crippen molar-refractivity contribution < 1.29 is 4.74 Å². The van der Waals surface area contributed by atoms with Crippen molar-refractivity contribution in [3.63, 3.8) is 0 Å². The molecule has 0 spiro atoms. The van der Waals surface area contributed by atoms with Gasteiger partial charge >= 0.3 is 0 Å². The smallest absolute Gasteiger partial charge is 0.278 e. The number of hydrogen-bond acceptors (Lipinski definition) is 3. The Labute approximate surface area is 105 Å². The summed E-state index contributed by atoms with van der Waals surface area (Å²) in [7, 11) is 0. The molecule has 1 heterocycles. The summed E-state index contributed by atoms with van der Waals surface area (Å²) in [4.78, 5) is 4.03. The molecule has 0 atom stereocenters. The Hall–Kier alpha value is -1.06. The highest BCUT2D eigenvalue weighted by Crippen LogP contribution is 2.26. The molecule has 1 aromatic carbocycles. The van der Waals surface area contributed by atoms with Gasteiger partial charge in [0.15, 0.2) is 0 Å². The summed E-state index contributed by atoms with van der Waals surface area (Å²) in [5.74, 6) is 0.766. The molecule has 0 amide bonds. The van der Waals surface area contributed by atoms with E-state index in [1.807, 2.05) is 44.4 Å². The Kier molecular flexibility index (Phi) is 5.29. The first-order valence-corrected chi connectivity index (χ1v) is 6.35. The second-order valence-electron chi connectivity index (χ2n) is 2.81. The number of aryl methyl sites for hydroxylation is 1. The zero-order valence-corrected chi connectivity index (χ0v) is 11.1. The molecule has 0 aliphatic heterocycles. The van der Waals surface area contributed by atoms with E-state index in [4.69, 9.17) is 16.3 Å². The number of nitrogens with zero attached hydrogens (tertiary/aromatic N) is 1. The minimum Gasteiger partial charge on any atom is -0.431 e. The van der Waals surface area contributed by atoms with Crippen molar-refractivity contribution in [3.05, 3.63) is 40.4 Å². The van der Waals surface area contributed by atoms with Crippen LogP contribution in [0.4, 0.5) is 0 Å². The molecule has 0 aliphatic carbocycles. The van der Waals surface area contributed by atoms with Crippen LogP contribution in [0.1, 0.15) is 19.4 Å². The highest BCUT2D eigenvalue weighted by atomic mass is 35.5. The van der Waals surface area contributed by atoms with E-state index in [1.165, 1.54) is 11.3 Å². The van der Waals surface area contributed by atoms with Crippen molar-refractivity contribution in [1.82, 2.24) is 4.98 Å². The molecule has 2 rings (SSSR count). The summed E-state index contributed by atoms with van der Waals surface area (Å²) >= 11 is 7.36. The zero-order chi connectivity index (χ0) is 12.0. The number of thiazole rings is 1. The van der Waals surface area contributed by atoms with Gasteiger partial charge in [-0.25, -0.2) is 4.98 Å². The average molecular weight is 256 g/mol. The highest BCUT2D eigenvalue weighted by molar-refractivity contribution is 7.11. The molecule has 0 saturated heterocycles. The van der Waals surface area contributed by atoms with Gasteiger partial charge in [0.05, 0.1) is 0 Å². The SMILES string of the molecule is CC.Cc1cc(Oc2nccs2)ccc1Cl. The largest absolute Gasteiger partial charge is 0.431 e. The van der Waals surface area contributed by atoms with E-state index < -0.39 is 0 Å². The Balaban J connectivity index is 0.000000606. The molecule has 0 saturated carbocycles. The molecule has 0 fully saturated rings. The second-order valence-corrected chi connectivity index (χ2v) is 4.08. The third-order valence-corrected chi connectivity index (χ3v) is 2.82. The van der Waals surface area contributed by atoms with Crippen LogP contribution >= 0.6 is 22.9 Å². The molecule has 4 heteroatoms. The molecule has 16 heavy (non-hydrogen) atoms. The topological polar surface area (TPSA) is 22.1 Å². The van der Waals surface area contributed by atoms with Gasteiger partial charge in [-0.05, 0) is 30.7 Å². The number of rotatable bonds is 2. The van der Waals surface area contributed by atoms with Crippen LogP contribution in [0.15, 0.2) is 29.8 Å². The van der Waals surface area contributed by atoms with E-state index in [-0.39, 0.29) is 0 Å². The molecular weight excluding hydrogens is 242 g/mol. The van der Waals surface area contributed by atoms with E-state index in [0.29, 0.717) is 5.19 Å². The summed E-state index contributed by atoms with van der Waals surface area (Å²) < 4.78 is 5.50. The lowest BCUT2D eigenvalue weighted by atomic mass is 10.2. The molecule has 0 N–H and O–H groups in total.